The van der Waals surface area contributed by atoms with E-state index in [9.17, 15) is 13.5 Å². The Morgan fingerprint density at radius 1 is 1.43 bits per heavy atom. The van der Waals surface area contributed by atoms with Crippen molar-refractivity contribution >= 4 is 25.8 Å². The average molecular weight is 372 g/mol. The summed E-state index contributed by atoms with van der Waals surface area (Å²) in [4.78, 5) is 0.251. The molecule has 7 heteroatoms. The number of nitrogens with zero attached hydrogens (tertiary/aromatic N) is 1. The fraction of sp³-hybridized carbons (Fsp3) is 0.357. The minimum Gasteiger partial charge on any atom is -0.503 e. The van der Waals surface area contributed by atoms with Crippen LogP contribution in [0.25, 0.3) is 0 Å². The third-order valence-corrected chi connectivity index (χ3v) is 5.37. The Hall–Kier alpha value is -1.34. The molecule has 21 heavy (non-hydrogen) atoms. The number of rotatable bonds is 4. The minimum atomic E-state index is -3.24. The topological polar surface area (TPSA) is 80.4 Å². The number of sulfone groups is 1. The molecule has 3 rings (SSSR count). The molecule has 1 fully saturated rings. The summed E-state index contributed by atoms with van der Waals surface area (Å²) in [6, 6.07) is 4.82. The molecular weight excluding hydrogens is 358 g/mol. The van der Waals surface area contributed by atoms with Crippen molar-refractivity contribution in [3.63, 3.8) is 0 Å². The summed E-state index contributed by atoms with van der Waals surface area (Å²) < 4.78 is 28.9. The highest BCUT2D eigenvalue weighted by Crippen LogP contribution is 2.45. The highest BCUT2D eigenvalue weighted by Gasteiger charge is 2.32. The Bertz CT molecular complexity index is 793. The van der Waals surface area contributed by atoms with Crippen LogP contribution in [0, 0.1) is 0 Å². The predicted molar refractivity (Wildman–Crippen MR) is 80.2 cm³/mol. The molecule has 0 atom stereocenters. The van der Waals surface area contributed by atoms with Crippen molar-refractivity contribution in [3.8, 4) is 5.75 Å². The summed E-state index contributed by atoms with van der Waals surface area (Å²) in [6.07, 6.45) is 3.59. The van der Waals surface area contributed by atoms with Gasteiger partial charge < -0.3 is 9.63 Å². The molecule has 0 radical (unpaired) electrons. The minimum absolute atomic E-state index is 0.122. The predicted octanol–water partition coefficient (Wildman–Crippen LogP) is 3.01. The lowest BCUT2D eigenvalue weighted by Crippen LogP contribution is -1.98. The Labute approximate surface area is 131 Å². The van der Waals surface area contributed by atoms with Crippen LogP contribution < -0.4 is 0 Å². The first-order valence-electron chi connectivity index (χ1n) is 6.52. The second kappa shape index (κ2) is 5.14. The maximum Gasteiger partial charge on any atom is 0.182 e. The van der Waals surface area contributed by atoms with Crippen LogP contribution in [0.3, 0.4) is 0 Å². The Balaban J connectivity index is 1.88. The summed E-state index contributed by atoms with van der Waals surface area (Å²) in [6.45, 7) is 0. The number of aromatic hydroxyl groups is 1. The largest absolute Gasteiger partial charge is 0.503 e. The molecule has 0 aliphatic heterocycles. The van der Waals surface area contributed by atoms with E-state index in [1.54, 1.807) is 18.2 Å². The fourth-order valence-electron chi connectivity index (χ4n) is 2.14. The Kier molecular flexibility index (Phi) is 3.57. The number of halogens is 1. The maximum atomic E-state index is 11.5. The molecule has 0 bridgehead atoms. The zero-order valence-corrected chi connectivity index (χ0v) is 13.7. The number of benzene rings is 1. The van der Waals surface area contributed by atoms with E-state index in [1.165, 1.54) is 6.26 Å². The van der Waals surface area contributed by atoms with Gasteiger partial charge in [0.25, 0.3) is 0 Å². The van der Waals surface area contributed by atoms with Crippen LogP contribution in [0.4, 0.5) is 0 Å². The molecule has 1 aliphatic carbocycles. The molecule has 5 nitrogen and oxygen atoms in total. The second-order valence-corrected chi connectivity index (χ2v) is 8.19. The van der Waals surface area contributed by atoms with Gasteiger partial charge in [-0.1, -0.05) is 27.2 Å². The summed E-state index contributed by atoms with van der Waals surface area (Å²) >= 11 is 3.37. The first kappa shape index (κ1) is 14.6. The lowest BCUT2D eigenvalue weighted by molar-refractivity contribution is 0.368. The molecule has 1 N–H and O–H groups in total. The van der Waals surface area contributed by atoms with E-state index in [-0.39, 0.29) is 10.6 Å². The normalized spacial score (nSPS) is 15.3. The lowest BCUT2D eigenvalue weighted by Gasteiger charge is -2.05. The molecule has 0 amide bonds. The van der Waals surface area contributed by atoms with Crippen molar-refractivity contribution in [2.75, 3.05) is 6.26 Å². The van der Waals surface area contributed by atoms with E-state index in [4.69, 9.17) is 4.52 Å². The standard InChI is InChI=1S/C14H14BrNO4S/c1-21(18,19)10-5-4-9(11(15)7-10)6-12-13(17)14(20-16-12)8-2-3-8/h4-5,7-8,17H,2-3,6H2,1H3. The highest BCUT2D eigenvalue weighted by atomic mass is 79.9. The molecule has 2 aromatic rings. The molecule has 1 aromatic heterocycles. The van der Waals surface area contributed by atoms with Crippen molar-refractivity contribution in [3.05, 3.63) is 39.7 Å². The summed E-state index contributed by atoms with van der Waals surface area (Å²) in [5.41, 5.74) is 1.32. The lowest BCUT2D eigenvalue weighted by atomic mass is 10.1. The van der Waals surface area contributed by atoms with Crippen LogP contribution in [0.15, 0.2) is 32.1 Å². The Morgan fingerprint density at radius 2 is 2.14 bits per heavy atom. The molecule has 0 saturated heterocycles. The summed E-state index contributed by atoms with van der Waals surface area (Å²) in [7, 11) is -3.24. The summed E-state index contributed by atoms with van der Waals surface area (Å²) in [5.74, 6) is 0.979. The first-order valence-corrected chi connectivity index (χ1v) is 9.20. The van der Waals surface area contributed by atoms with Gasteiger partial charge in [-0.25, -0.2) is 8.42 Å². The third kappa shape index (κ3) is 2.98. The van der Waals surface area contributed by atoms with Gasteiger partial charge in [0.05, 0.1) is 4.90 Å². The van der Waals surface area contributed by atoms with Crippen molar-refractivity contribution in [2.24, 2.45) is 0 Å². The van der Waals surface area contributed by atoms with Gasteiger partial charge in [-0.15, -0.1) is 0 Å². The Morgan fingerprint density at radius 3 is 2.71 bits per heavy atom. The monoisotopic (exact) mass is 371 g/mol. The molecule has 1 saturated carbocycles. The van der Waals surface area contributed by atoms with Gasteiger partial charge in [0.1, 0.15) is 5.69 Å². The molecule has 0 unspecified atom stereocenters. The molecule has 1 aromatic carbocycles. The van der Waals surface area contributed by atoms with E-state index < -0.39 is 9.84 Å². The van der Waals surface area contributed by atoms with Gasteiger partial charge in [-0.05, 0) is 30.5 Å². The van der Waals surface area contributed by atoms with E-state index in [2.05, 4.69) is 21.1 Å². The van der Waals surface area contributed by atoms with Crippen molar-refractivity contribution in [1.29, 1.82) is 0 Å². The van der Waals surface area contributed by atoms with Crippen LogP contribution in [0.5, 0.6) is 5.75 Å². The molecular formula is C14H14BrNO4S. The molecule has 1 heterocycles. The van der Waals surface area contributed by atoms with Crippen LogP contribution in [0.2, 0.25) is 0 Å². The highest BCUT2D eigenvalue weighted by molar-refractivity contribution is 9.10. The van der Waals surface area contributed by atoms with Crippen LogP contribution in [-0.2, 0) is 16.3 Å². The van der Waals surface area contributed by atoms with Crippen molar-refractivity contribution in [1.82, 2.24) is 5.16 Å². The van der Waals surface area contributed by atoms with Gasteiger partial charge in [0.15, 0.2) is 21.3 Å². The quantitative estimate of drug-likeness (QED) is 0.893. The van der Waals surface area contributed by atoms with Gasteiger partial charge in [-0.2, -0.15) is 0 Å². The van der Waals surface area contributed by atoms with Crippen LogP contribution in [0.1, 0.15) is 35.8 Å². The average Bonchev–Trinajstić information content (AvgIpc) is 3.17. The van der Waals surface area contributed by atoms with Crippen LogP contribution >= 0.6 is 15.9 Å². The van der Waals surface area contributed by atoms with Gasteiger partial charge >= 0.3 is 0 Å². The van der Waals surface area contributed by atoms with Gasteiger partial charge in [0, 0.05) is 23.1 Å². The number of hydrogen-bond acceptors (Lipinski definition) is 5. The third-order valence-electron chi connectivity index (χ3n) is 3.52. The van der Waals surface area contributed by atoms with E-state index >= 15 is 0 Å². The van der Waals surface area contributed by atoms with Gasteiger partial charge in [-0.3, -0.25) is 0 Å². The number of aromatic nitrogens is 1. The zero-order valence-electron chi connectivity index (χ0n) is 11.3. The van der Waals surface area contributed by atoms with E-state index in [0.717, 1.165) is 18.4 Å². The SMILES string of the molecule is CS(=O)(=O)c1ccc(Cc2noc(C3CC3)c2O)c(Br)c1. The smallest absolute Gasteiger partial charge is 0.182 e. The van der Waals surface area contributed by atoms with Crippen molar-refractivity contribution in [2.45, 2.75) is 30.1 Å². The second-order valence-electron chi connectivity index (χ2n) is 5.32. The molecule has 112 valence electrons. The zero-order chi connectivity index (χ0) is 15.2. The number of hydrogen-bond donors (Lipinski definition) is 1. The summed E-state index contributed by atoms with van der Waals surface area (Å²) in [5, 5.41) is 14.0. The first-order chi connectivity index (χ1) is 9.86. The fourth-order valence-corrected chi connectivity index (χ4v) is 3.46. The van der Waals surface area contributed by atoms with E-state index in [1.807, 2.05) is 0 Å². The van der Waals surface area contributed by atoms with E-state index in [0.29, 0.717) is 28.3 Å². The van der Waals surface area contributed by atoms with Gasteiger partial charge in [0.2, 0.25) is 0 Å². The van der Waals surface area contributed by atoms with Crippen LogP contribution in [-0.4, -0.2) is 24.9 Å². The molecule has 1 aliphatic rings. The molecule has 0 spiro atoms. The van der Waals surface area contributed by atoms with Crippen molar-refractivity contribution < 1.29 is 18.0 Å². The maximum absolute atomic E-state index is 11.5.